The van der Waals surface area contributed by atoms with Crippen LogP contribution in [0, 0.1) is 0 Å². The van der Waals surface area contributed by atoms with Gasteiger partial charge in [-0.05, 0) is 13.0 Å². The summed E-state index contributed by atoms with van der Waals surface area (Å²) in [6, 6.07) is 1.86. The molecule has 7 nitrogen and oxygen atoms in total. The molecule has 0 bridgehead atoms. The fourth-order valence-electron chi connectivity index (χ4n) is 2.42. The van der Waals surface area contributed by atoms with E-state index in [0.717, 1.165) is 37.1 Å². The molecule has 0 saturated carbocycles. The first-order valence-electron chi connectivity index (χ1n) is 6.78. The van der Waals surface area contributed by atoms with E-state index in [9.17, 15) is 0 Å². The lowest BCUT2D eigenvalue weighted by Crippen LogP contribution is -2.20. The molecule has 0 aliphatic carbocycles. The first-order valence-corrected chi connectivity index (χ1v) is 6.78. The molecule has 20 heavy (non-hydrogen) atoms. The van der Waals surface area contributed by atoms with Crippen LogP contribution in [0.1, 0.15) is 18.2 Å². The number of nitrogens with one attached hydrogen (secondary N) is 1. The third kappa shape index (κ3) is 2.32. The van der Waals surface area contributed by atoms with Crippen LogP contribution in [0.4, 0.5) is 11.8 Å². The Hall–Kier alpha value is -2.15. The van der Waals surface area contributed by atoms with Crippen LogP contribution in [-0.4, -0.2) is 38.0 Å². The number of nitrogens with zero attached hydrogens (tertiary/aromatic N) is 5. The van der Waals surface area contributed by atoms with Crippen molar-refractivity contribution >= 4 is 11.8 Å². The zero-order valence-electron chi connectivity index (χ0n) is 11.5. The Bertz CT molecular complexity index is 596. The zero-order chi connectivity index (χ0) is 13.9. The van der Waals surface area contributed by atoms with E-state index in [-0.39, 0.29) is 6.61 Å². The molecule has 3 rings (SSSR count). The topological polar surface area (TPSA) is 79.1 Å². The van der Waals surface area contributed by atoms with Gasteiger partial charge in [0.05, 0.1) is 31.6 Å². The van der Waals surface area contributed by atoms with Gasteiger partial charge in [-0.15, -0.1) is 0 Å². The van der Waals surface area contributed by atoms with Crippen molar-refractivity contribution < 1.29 is 5.11 Å². The Morgan fingerprint density at radius 3 is 3.10 bits per heavy atom. The molecule has 0 saturated heterocycles. The number of hydrogen-bond donors (Lipinski definition) is 2. The van der Waals surface area contributed by atoms with E-state index in [4.69, 9.17) is 5.11 Å². The normalized spacial score (nSPS) is 13.6. The van der Waals surface area contributed by atoms with Crippen molar-refractivity contribution in [2.75, 3.05) is 23.4 Å². The molecular weight excluding hydrogens is 256 g/mol. The maximum absolute atomic E-state index is 9.04. The van der Waals surface area contributed by atoms with Crippen LogP contribution >= 0.6 is 0 Å². The van der Waals surface area contributed by atoms with Crippen LogP contribution in [0.5, 0.6) is 0 Å². The summed E-state index contributed by atoms with van der Waals surface area (Å²) in [5.74, 6) is 1.56. The average molecular weight is 274 g/mol. The highest BCUT2D eigenvalue weighted by molar-refractivity contribution is 5.45. The minimum absolute atomic E-state index is 0.0977. The van der Waals surface area contributed by atoms with Crippen LogP contribution in [0.3, 0.4) is 0 Å². The molecule has 1 aliphatic rings. The minimum atomic E-state index is 0.0977. The second-order valence-electron chi connectivity index (χ2n) is 4.69. The summed E-state index contributed by atoms with van der Waals surface area (Å²) in [4.78, 5) is 11.0. The summed E-state index contributed by atoms with van der Waals surface area (Å²) < 4.78 is 1.85. The number of anilines is 2. The van der Waals surface area contributed by atoms with E-state index < -0.39 is 0 Å². The number of hydrogen-bond acceptors (Lipinski definition) is 6. The van der Waals surface area contributed by atoms with Gasteiger partial charge in [-0.25, -0.2) is 4.98 Å². The Morgan fingerprint density at radius 1 is 1.40 bits per heavy atom. The number of aliphatic hydroxyl groups excluding tert-OH is 1. The summed E-state index contributed by atoms with van der Waals surface area (Å²) in [6.45, 7) is 4.99. The van der Waals surface area contributed by atoms with Gasteiger partial charge < -0.3 is 15.3 Å². The number of fused-ring (bicyclic) bond motifs is 1. The highest BCUT2D eigenvalue weighted by atomic mass is 16.3. The smallest absolute Gasteiger partial charge is 0.227 e. The van der Waals surface area contributed by atoms with Crippen LogP contribution in [-0.2, 0) is 19.6 Å². The molecule has 0 unspecified atom stereocenters. The van der Waals surface area contributed by atoms with E-state index in [1.165, 1.54) is 5.56 Å². The van der Waals surface area contributed by atoms with Gasteiger partial charge in [-0.3, -0.25) is 4.68 Å². The predicted molar refractivity (Wildman–Crippen MR) is 75.4 cm³/mol. The molecular formula is C13H18N6O. The average Bonchev–Trinajstić information content (AvgIpc) is 3.02. The van der Waals surface area contributed by atoms with Crippen LogP contribution in [0.25, 0.3) is 0 Å². The molecule has 0 amide bonds. The lowest BCUT2D eigenvalue weighted by atomic mass is 10.3. The molecule has 106 valence electrons. The summed E-state index contributed by atoms with van der Waals surface area (Å²) in [6.07, 6.45) is 3.63. The fraction of sp³-hybridized carbons (Fsp3) is 0.462. The second kappa shape index (κ2) is 5.46. The van der Waals surface area contributed by atoms with Gasteiger partial charge in [0.1, 0.15) is 5.82 Å². The Balaban J connectivity index is 1.79. The Labute approximate surface area is 117 Å². The highest BCUT2D eigenvalue weighted by Crippen LogP contribution is 2.26. The molecule has 2 aromatic heterocycles. The largest absolute Gasteiger partial charge is 0.394 e. The highest BCUT2D eigenvalue weighted by Gasteiger charge is 2.25. The van der Waals surface area contributed by atoms with Crippen molar-refractivity contribution in [3.63, 3.8) is 0 Å². The molecule has 1 aliphatic heterocycles. The molecule has 0 fully saturated rings. The summed E-state index contributed by atoms with van der Waals surface area (Å²) >= 11 is 0. The molecule has 2 N–H and O–H groups in total. The monoisotopic (exact) mass is 274 g/mol. The third-order valence-electron chi connectivity index (χ3n) is 3.33. The zero-order valence-corrected chi connectivity index (χ0v) is 11.5. The minimum Gasteiger partial charge on any atom is -0.394 e. The quantitative estimate of drug-likeness (QED) is 0.832. The first-order chi connectivity index (χ1) is 9.81. The van der Waals surface area contributed by atoms with Gasteiger partial charge >= 0.3 is 0 Å². The predicted octanol–water partition coefficient (Wildman–Crippen LogP) is 0.617. The summed E-state index contributed by atoms with van der Waals surface area (Å²) in [7, 11) is 0. The van der Waals surface area contributed by atoms with Gasteiger partial charge in [-0.1, -0.05) is 0 Å². The SMILES string of the molecule is CCNc1ccnc(N2Cc3cnn(CCO)c3C2)n1. The summed E-state index contributed by atoms with van der Waals surface area (Å²) in [5.41, 5.74) is 2.31. The fourth-order valence-corrected chi connectivity index (χ4v) is 2.42. The molecule has 0 spiro atoms. The van der Waals surface area contributed by atoms with Gasteiger partial charge in [0.25, 0.3) is 0 Å². The van der Waals surface area contributed by atoms with Gasteiger partial charge in [0, 0.05) is 24.8 Å². The van der Waals surface area contributed by atoms with Gasteiger partial charge in [0.2, 0.25) is 5.95 Å². The first kappa shape index (κ1) is 12.9. The molecule has 0 aromatic carbocycles. The maximum Gasteiger partial charge on any atom is 0.227 e. The number of aromatic nitrogens is 4. The van der Waals surface area contributed by atoms with E-state index in [2.05, 4.69) is 25.3 Å². The van der Waals surface area contributed by atoms with Crippen molar-refractivity contribution in [3.05, 3.63) is 29.7 Å². The van der Waals surface area contributed by atoms with Crippen LogP contribution in [0.15, 0.2) is 18.5 Å². The van der Waals surface area contributed by atoms with Crippen molar-refractivity contribution in [1.82, 2.24) is 19.7 Å². The van der Waals surface area contributed by atoms with Crippen molar-refractivity contribution in [3.8, 4) is 0 Å². The van der Waals surface area contributed by atoms with E-state index in [0.29, 0.717) is 6.54 Å². The van der Waals surface area contributed by atoms with Crippen LogP contribution in [0.2, 0.25) is 0 Å². The number of aliphatic hydroxyl groups is 1. The van der Waals surface area contributed by atoms with Crippen LogP contribution < -0.4 is 10.2 Å². The van der Waals surface area contributed by atoms with Crippen molar-refractivity contribution in [2.24, 2.45) is 0 Å². The van der Waals surface area contributed by atoms with E-state index in [1.54, 1.807) is 6.20 Å². The van der Waals surface area contributed by atoms with Crippen molar-refractivity contribution in [2.45, 2.75) is 26.6 Å². The van der Waals surface area contributed by atoms with Gasteiger partial charge in [-0.2, -0.15) is 10.1 Å². The Morgan fingerprint density at radius 2 is 2.30 bits per heavy atom. The van der Waals surface area contributed by atoms with E-state index >= 15 is 0 Å². The molecule has 7 heteroatoms. The lowest BCUT2D eigenvalue weighted by molar-refractivity contribution is 0.267. The number of rotatable bonds is 5. The maximum atomic E-state index is 9.04. The third-order valence-corrected chi connectivity index (χ3v) is 3.33. The molecule has 0 radical (unpaired) electrons. The van der Waals surface area contributed by atoms with Crippen molar-refractivity contribution in [1.29, 1.82) is 0 Å². The lowest BCUT2D eigenvalue weighted by Gasteiger charge is -2.16. The van der Waals surface area contributed by atoms with E-state index in [1.807, 2.05) is 23.9 Å². The molecule has 0 atom stereocenters. The standard InChI is InChI=1S/C13H18N6O/c1-2-14-12-3-4-15-13(17-12)18-8-10-7-16-19(5-6-20)11(10)9-18/h3-4,7,20H,2,5-6,8-9H2,1H3,(H,14,15,17). The second-order valence-corrected chi connectivity index (χ2v) is 4.69. The molecule has 2 aromatic rings. The Kier molecular flexibility index (Phi) is 3.51. The van der Waals surface area contributed by atoms with Gasteiger partial charge in [0.15, 0.2) is 0 Å². The summed E-state index contributed by atoms with van der Waals surface area (Å²) in [5, 5.41) is 16.5. The molecule has 3 heterocycles.